The van der Waals surface area contributed by atoms with Crippen LogP contribution in [-0.4, -0.2) is 29.3 Å². The van der Waals surface area contributed by atoms with E-state index in [2.05, 4.69) is 15.6 Å². The van der Waals surface area contributed by atoms with Gasteiger partial charge in [-0.3, -0.25) is 14.4 Å². The number of esters is 1. The average molecular weight is 456 g/mol. The summed E-state index contributed by atoms with van der Waals surface area (Å²) in [6.45, 7) is 0.450. The molecule has 2 aromatic rings. The fraction of sp³-hybridized carbons (Fsp3) is 0.333. The van der Waals surface area contributed by atoms with Gasteiger partial charge in [0.1, 0.15) is 11.3 Å². The summed E-state index contributed by atoms with van der Waals surface area (Å²) in [6.07, 6.45) is 5.93. The van der Waals surface area contributed by atoms with E-state index in [9.17, 15) is 14.4 Å². The molecule has 2 amide bonds. The van der Waals surface area contributed by atoms with Crippen LogP contribution in [0.2, 0.25) is 5.15 Å². The van der Waals surface area contributed by atoms with Crippen molar-refractivity contribution in [1.82, 2.24) is 15.6 Å². The molecule has 7 nitrogen and oxygen atoms in total. The van der Waals surface area contributed by atoms with Gasteiger partial charge in [0, 0.05) is 25.6 Å². The zero-order valence-corrected chi connectivity index (χ0v) is 18.4. The molecule has 0 spiro atoms. The molecule has 3 rings (SSSR count). The van der Waals surface area contributed by atoms with Crippen LogP contribution < -0.4 is 10.6 Å². The van der Waals surface area contributed by atoms with Gasteiger partial charge in [-0.05, 0) is 30.0 Å². The summed E-state index contributed by atoms with van der Waals surface area (Å²) in [5.41, 5.74) is 1.62. The lowest BCUT2D eigenvalue weighted by molar-refractivity contribution is -0.150. The molecule has 0 saturated carbocycles. The Bertz CT molecular complexity index is 947. The Morgan fingerprint density at radius 1 is 1.16 bits per heavy atom. The van der Waals surface area contributed by atoms with E-state index < -0.39 is 12.0 Å². The highest BCUT2D eigenvalue weighted by atomic mass is 35.5. The molecular weight excluding hydrogens is 430 g/mol. The summed E-state index contributed by atoms with van der Waals surface area (Å²) in [5.74, 6) is -1.32. The molecule has 1 aliphatic heterocycles. The van der Waals surface area contributed by atoms with Crippen LogP contribution in [0.3, 0.4) is 0 Å². The molecule has 2 N–H and O–H groups in total. The van der Waals surface area contributed by atoms with Crippen LogP contribution in [0.15, 0.2) is 60.8 Å². The SMILES string of the molecule is O=C(C[C@@H]1C/C=C/CCC(=O)O[C@@H](c2ccccc2)CNC1=O)NCc1ccc(Cl)nc1. The van der Waals surface area contributed by atoms with Crippen LogP contribution in [-0.2, 0) is 25.7 Å². The van der Waals surface area contributed by atoms with Gasteiger partial charge in [0.25, 0.3) is 0 Å². The highest BCUT2D eigenvalue weighted by Gasteiger charge is 2.24. The van der Waals surface area contributed by atoms with Crippen molar-refractivity contribution in [1.29, 1.82) is 0 Å². The molecule has 1 aromatic heterocycles. The van der Waals surface area contributed by atoms with E-state index in [0.717, 1.165) is 11.1 Å². The number of benzene rings is 1. The molecule has 0 saturated heterocycles. The summed E-state index contributed by atoms with van der Waals surface area (Å²) in [5, 5.41) is 6.05. The quantitative estimate of drug-likeness (QED) is 0.408. The molecule has 168 valence electrons. The van der Waals surface area contributed by atoms with Gasteiger partial charge in [-0.25, -0.2) is 4.98 Å². The van der Waals surface area contributed by atoms with Gasteiger partial charge in [0.05, 0.1) is 12.5 Å². The Balaban J connectivity index is 1.62. The van der Waals surface area contributed by atoms with Crippen LogP contribution >= 0.6 is 11.6 Å². The van der Waals surface area contributed by atoms with E-state index in [1.165, 1.54) is 0 Å². The van der Waals surface area contributed by atoms with E-state index in [0.29, 0.717) is 24.5 Å². The van der Waals surface area contributed by atoms with Gasteiger partial charge in [-0.15, -0.1) is 0 Å². The average Bonchev–Trinajstić information content (AvgIpc) is 2.80. The number of carbonyl (C=O) groups is 3. The van der Waals surface area contributed by atoms with Crippen molar-refractivity contribution in [3.8, 4) is 0 Å². The molecule has 0 unspecified atom stereocenters. The largest absolute Gasteiger partial charge is 0.456 e. The number of pyridine rings is 1. The fourth-order valence-corrected chi connectivity index (χ4v) is 3.43. The maximum Gasteiger partial charge on any atom is 0.306 e. The number of allylic oxidation sites excluding steroid dienone is 2. The van der Waals surface area contributed by atoms with E-state index in [1.807, 2.05) is 42.5 Å². The summed E-state index contributed by atoms with van der Waals surface area (Å²) < 4.78 is 5.59. The lowest BCUT2D eigenvalue weighted by Crippen LogP contribution is -2.37. The first-order valence-electron chi connectivity index (χ1n) is 10.6. The summed E-state index contributed by atoms with van der Waals surface area (Å²) in [7, 11) is 0. The van der Waals surface area contributed by atoms with E-state index in [1.54, 1.807) is 18.3 Å². The predicted octanol–water partition coefficient (Wildman–Crippen LogP) is 3.50. The van der Waals surface area contributed by atoms with Gasteiger partial charge in [0.2, 0.25) is 11.8 Å². The first-order chi connectivity index (χ1) is 15.5. The topological polar surface area (TPSA) is 97.4 Å². The molecule has 8 heteroatoms. The van der Waals surface area contributed by atoms with Crippen molar-refractivity contribution in [3.63, 3.8) is 0 Å². The molecule has 0 bridgehead atoms. The number of nitrogens with one attached hydrogen (secondary N) is 2. The minimum atomic E-state index is -0.581. The molecule has 2 atom stereocenters. The second-order valence-corrected chi connectivity index (χ2v) is 7.93. The number of cyclic esters (lactones) is 1. The summed E-state index contributed by atoms with van der Waals surface area (Å²) >= 11 is 5.78. The summed E-state index contributed by atoms with van der Waals surface area (Å²) in [6, 6.07) is 12.7. The van der Waals surface area contributed by atoms with Crippen LogP contribution in [0.1, 0.15) is 42.9 Å². The van der Waals surface area contributed by atoms with Gasteiger partial charge in [-0.1, -0.05) is 60.2 Å². The van der Waals surface area contributed by atoms with Crippen LogP contribution in [0.4, 0.5) is 0 Å². The molecular formula is C24H26ClN3O4. The second kappa shape index (κ2) is 12.0. The third-order valence-electron chi connectivity index (χ3n) is 5.09. The Hall–Kier alpha value is -3.19. The minimum Gasteiger partial charge on any atom is -0.456 e. The van der Waals surface area contributed by atoms with Crippen molar-refractivity contribution >= 4 is 29.4 Å². The first-order valence-corrected chi connectivity index (χ1v) is 10.9. The van der Waals surface area contributed by atoms with Gasteiger partial charge in [0.15, 0.2) is 0 Å². The van der Waals surface area contributed by atoms with Crippen molar-refractivity contribution in [3.05, 3.63) is 77.1 Å². The third-order valence-corrected chi connectivity index (χ3v) is 5.31. The number of hydrogen-bond donors (Lipinski definition) is 2. The number of carbonyl (C=O) groups excluding carboxylic acids is 3. The number of aromatic nitrogens is 1. The van der Waals surface area contributed by atoms with Gasteiger partial charge >= 0.3 is 5.97 Å². The standard InChI is InChI=1S/C24H26ClN3O4/c25-21-12-11-17(14-26-21)15-27-22(29)13-19-9-5-2-6-10-23(30)32-20(16-28-24(19)31)18-7-3-1-4-8-18/h1-5,7-8,11-12,14,19-20H,6,9-10,13,15-16H2,(H,27,29)(H,28,31)/b5-2+/t19-,20+/m0/s1. The van der Waals surface area contributed by atoms with Gasteiger partial charge < -0.3 is 15.4 Å². The van der Waals surface area contributed by atoms with Gasteiger partial charge in [-0.2, -0.15) is 0 Å². The van der Waals surface area contributed by atoms with Crippen LogP contribution in [0.5, 0.6) is 0 Å². The number of nitrogens with zero attached hydrogens (tertiary/aromatic N) is 1. The smallest absolute Gasteiger partial charge is 0.306 e. The number of hydrogen-bond acceptors (Lipinski definition) is 5. The molecule has 2 heterocycles. The predicted molar refractivity (Wildman–Crippen MR) is 120 cm³/mol. The van der Waals surface area contributed by atoms with Crippen molar-refractivity contribution in [2.45, 2.75) is 38.3 Å². The zero-order chi connectivity index (χ0) is 22.8. The highest BCUT2D eigenvalue weighted by Crippen LogP contribution is 2.19. The lowest BCUT2D eigenvalue weighted by atomic mass is 9.98. The third kappa shape index (κ3) is 7.50. The normalized spacial score (nSPS) is 20.8. The maximum atomic E-state index is 12.8. The molecule has 0 aliphatic carbocycles. The Labute approximate surface area is 192 Å². The van der Waals surface area contributed by atoms with Crippen molar-refractivity contribution < 1.29 is 19.1 Å². The number of rotatable bonds is 5. The van der Waals surface area contributed by atoms with Crippen molar-refractivity contribution in [2.75, 3.05) is 6.54 Å². The number of halogens is 1. The van der Waals surface area contributed by atoms with Crippen LogP contribution in [0, 0.1) is 5.92 Å². The first kappa shape index (κ1) is 23.5. The molecule has 0 radical (unpaired) electrons. The molecule has 0 fully saturated rings. The highest BCUT2D eigenvalue weighted by molar-refractivity contribution is 6.29. The molecule has 32 heavy (non-hydrogen) atoms. The van der Waals surface area contributed by atoms with E-state index in [4.69, 9.17) is 16.3 Å². The minimum absolute atomic E-state index is 0.0486. The number of amides is 2. The van der Waals surface area contributed by atoms with Crippen LogP contribution in [0.25, 0.3) is 0 Å². The van der Waals surface area contributed by atoms with E-state index in [-0.39, 0.29) is 37.2 Å². The fourth-order valence-electron chi connectivity index (χ4n) is 3.32. The molecule has 1 aliphatic rings. The lowest BCUT2D eigenvalue weighted by Gasteiger charge is -2.21. The second-order valence-electron chi connectivity index (χ2n) is 7.55. The number of ether oxygens (including phenoxy) is 1. The monoisotopic (exact) mass is 455 g/mol. The Kier molecular flexibility index (Phi) is 8.80. The Morgan fingerprint density at radius 2 is 1.97 bits per heavy atom. The van der Waals surface area contributed by atoms with E-state index >= 15 is 0 Å². The molecule has 1 aromatic carbocycles. The zero-order valence-electron chi connectivity index (χ0n) is 17.6. The van der Waals surface area contributed by atoms with Crippen molar-refractivity contribution in [2.24, 2.45) is 5.92 Å². The Morgan fingerprint density at radius 3 is 2.72 bits per heavy atom. The summed E-state index contributed by atoms with van der Waals surface area (Å²) in [4.78, 5) is 41.4. The maximum absolute atomic E-state index is 12.8.